The van der Waals surface area contributed by atoms with Gasteiger partial charge in [-0.1, -0.05) is 29.8 Å². The maximum absolute atomic E-state index is 11.2. The summed E-state index contributed by atoms with van der Waals surface area (Å²) in [6, 6.07) is 5.67. The van der Waals surface area contributed by atoms with Crippen LogP contribution in [-0.4, -0.2) is 23.1 Å². The number of nitrogens with two attached hydrogens (primary N) is 1. The van der Waals surface area contributed by atoms with Gasteiger partial charge in [0.25, 0.3) is 0 Å². The first kappa shape index (κ1) is 13.5. The lowest BCUT2D eigenvalue weighted by molar-refractivity contribution is -0.149. The number of carboxylic acid groups (broad SMARTS) is 1. The molecule has 17 heavy (non-hydrogen) atoms. The number of hydrogen-bond acceptors (Lipinski definition) is 4. The Balaban J connectivity index is 2.44. The molecule has 1 rings (SSSR count). The summed E-state index contributed by atoms with van der Waals surface area (Å²) in [5.41, 5.74) is 5.85. The normalized spacial score (nSPS) is 11.9. The van der Waals surface area contributed by atoms with Crippen LogP contribution < -0.4 is 5.73 Å². The lowest BCUT2D eigenvalue weighted by Crippen LogP contribution is -2.33. The van der Waals surface area contributed by atoms with Crippen molar-refractivity contribution in [2.24, 2.45) is 5.73 Å². The average molecular weight is 258 g/mol. The fourth-order valence-electron chi connectivity index (χ4n) is 1.10. The third kappa shape index (κ3) is 4.42. The average Bonchev–Trinajstić information content (AvgIpc) is 2.27. The van der Waals surface area contributed by atoms with Gasteiger partial charge in [0.05, 0.1) is 6.42 Å². The maximum atomic E-state index is 11.2. The van der Waals surface area contributed by atoms with Gasteiger partial charge in [-0.25, -0.2) is 0 Å². The first-order valence-electron chi connectivity index (χ1n) is 4.88. The van der Waals surface area contributed by atoms with E-state index in [0.717, 1.165) is 0 Å². The number of aliphatic carboxylic acids is 1. The molecule has 1 atom stereocenters. The maximum Gasteiger partial charge on any atom is 0.321 e. The van der Waals surface area contributed by atoms with Crippen molar-refractivity contribution in [3.05, 3.63) is 34.9 Å². The molecule has 0 aliphatic heterocycles. The van der Waals surface area contributed by atoms with Gasteiger partial charge in [0, 0.05) is 10.6 Å². The second-order valence-corrected chi connectivity index (χ2v) is 3.81. The van der Waals surface area contributed by atoms with Crippen LogP contribution in [0.5, 0.6) is 0 Å². The molecular weight excluding hydrogens is 246 g/mol. The molecule has 0 aliphatic rings. The van der Waals surface area contributed by atoms with Crippen LogP contribution in [0.3, 0.4) is 0 Å². The molecule has 5 nitrogen and oxygen atoms in total. The van der Waals surface area contributed by atoms with Crippen LogP contribution in [0.15, 0.2) is 24.3 Å². The summed E-state index contributed by atoms with van der Waals surface area (Å²) in [6.45, 7) is 0.00481. The van der Waals surface area contributed by atoms with E-state index in [2.05, 4.69) is 0 Å². The van der Waals surface area contributed by atoms with Gasteiger partial charge >= 0.3 is 11.9 Å². The molecule has 3 N–H and O–H groups in total. The van der Waals surface area contributed by atoms with Gasteiger partial charge in [0.15, 0.2) is 0 Å². The molecule has 0 spiro atoms. The molecule has 0 aromatic heterocycles. The molecular formula is C11H12ClNO4. The van der Waals surface area contributed by atoms with E-state index in [1.54, 1.807) is 24.3 Å². The predicted molar refractivity (Wildman–Crippen MR) is 61.5 cm³/mol. The highest BCUT2D eigenvalue weighted by Crippen LogP contribution is 2.15. The van der Waals surface area contributed by atoms with E-state index in [9.17, 15) is 9.59 Å². The van der Waals surface area contributed by atoms with E-state index in [-0.39, 0.29) is 13.0 Å². The van der Waals surface area contributed by atoms with Crippen LogP contribution in [0.25, 0.3) is 0 Å². The number of esters is 1. The van der Waals surface area contributed by atoms with Crippen molar-refractivity contribution in [3.8, 4) is 0 Å². The fraction of sp³-hybridized carbons (Fsp3) is 0.273. The number of carboxylic acids is 1. The topological polar surface area (TPSA) is 89.6 Å². The number of rotatable bonds is 5. The van der Waals surface area contributed by atoms with Crippen molar-refractivity contribution in [2.45, 2.75) is 19.1 Å². The Kier molecular flexibility index (Phi) is 4.93. The highest BCUT2D eigenvalue weighted by Gasteiger charge is 2.17. The Morgan fingerprint density at radius 1 is 1.41 bits per heavy atom. The minimum absolute atomic E-state index is 0.00481. The van der Waals surface area contributed by atoms with Gasteiger partial charge in [-0.3, -0.25) is 9.59 Å². The third-order valence-corrected chi connectivity index (χ3v) is 2.42. The van der Waals surface area contributed by atoms with Crippen molar-refractivity contribution in [1.82, 2.24) is 0 Å². The molecule has 0 amide bonds. The van der Waals surface area contributed by atoms with Crippen molar-refractivity contribution < 1.29 is 19.4 Å². The lowest BCUT2D eigenvalue weighted by Gasteiger charge is -2.08. The largest absolute Gasteiger partial charge is 0.480 e. The van der Waals surface area contributed by atoms with Crippen LogP contribution >= 0.6 is 11.6 Å². The van der Waals surface area contributed by atoms with Crippen molar-refractivity contribution in [2.75, 3.05) is 0 Å². The van der Waals surface area contributed by atoms with Gasteiger partial charge in [0.1, 0.15) is 12.6 Å². The second-order valence-electron chi connectivity index (χ2n) is 3.40. The number of benzene rings is 1. The number of ether oxygens (including phenoxy) is 1. The highest BCUT2D eigenvalue weighted by molar-refractivity contribution is 6.31. The molecule has 1 aromatic rings. The Bertz CT molecular complexity index is 422. The van der Waals surface area contributed by atoms with Crippen LogP contribution in [0, 0.1) is 0 Å². The van der Waals surface area contributed by atoms with E-state index < -0.39 is 18.0 Å². The zero-order valence-corrected chi connectivity index (χ0v) is 9.68. The Morgan fingerprint density at radius 3 is 2.65 bits per heavy atom. The van der Waals surface area contributed by atoms with E-state index >= 15 is 0 Å². The number of hydrogen-bond donors (Lipinski definition) is 2. The van der Waals surface area contributed by atoms with Gasteiger partial charge in [0.2, 0.25) is 0 Å². The standard InChI is InChI=1S/C11H12ClNO4/c12-8-4-2-1-3-7(8)6-17-10(14)5-9(13)11(15)16/h1-4,9H,5-6,13H2,(H,15,16)/t9-/m0/s1. The number of halogens is 1. The Labute approximate surface area is 103 Å². The molecule has 0 saturated heterocycles. The molecule has 0 radical (unpaired) electrons. The summed E-state index contributed by atoms with van der Waals surface area (Å²) in [5, 5.41) is 9.00. The number of carbonyl (C=O) groups excluding carboxylic acids is 1. The molecule has 0 heterocycles. The quantitative estimate of drug-likeness (QED) is 0.773. The van der Waals surface area contributed by atoms with Crippen LogP contribution in [0.2, 0.25) is 5.02 Å². The summed E-state index contributed by atoms with van der Waals surface area (Å²) >= 11 is 5.85. The zero-order chi connectivity index (χ0) is 12.8. The van der Waals surface area contributed by atoms with Gasteiger partial charge in [-0.2, -0.15) is 0 Å². The Hall–Kier alpha value is -1.59. The van der Waals surface area contributed by atoms with Crippen molar-refractivity contribution in [1.29, 1.82) is 0 Å². The summed E-state index contributed by atoms with van der Waals surface area (Å²) < 4.78 is 4.86. The first-order chi connectivity index (χ1) is 8.00. The van der Waals surface area contributed by atoms with Gasteiger partial charge < -0.3 is 15.6 Å². The minimum Gasteiger partial charge on any atom is -0.480 e. The summed E-state index contributed by atoms with van der Waals surface area (Å²) in [4.78, 5) is 21.6. The Morgan fingerprint density at radius 2 is 2.06 bits per heavy atom. The van der Waals surface area contributed by atoms with E-state index in [1.807, 2.05) is 0 Å². The van der Waals surface area contributed by atoms with E-state index in [0.29, 0.717) is 10.6 Å². The molecule has 0 bridgehead atoms. The minimum atomic E-state index is -1.24. The summed E-state index contributed by atoms with van der Waals surface area (Å²) in [6.07, 6.45) is -0.361. The van der Waals surface area contributed by atoms with Gasteiger partial charge in [-0.05, 0) is 6.07 Å². The third-order valence-electron chi connectivity index (χ3n) is 2.05. The predicted octanol–water partition coefficient (Wildman–Crippen LogP) is 1.19. The van der Waals surface area contributed by atoms with Crippen LogP contribution in [0.4, 0.5) is 0 Å². The lowest BCUT2D eigenvalue weighted by atomic mass is 10.2. The van der Waals surface area contributed by atoms with Crippen molar-refractivity contribution in [3.63, 3.8) is 0 Å². The second kappa shape index (κ2) is 6.22. The molecule has 0 fully saturated rings. The van der Waals surface area contributed by atoms with Gasteiger partial charge in [-0.15, -0.1) is 0 Å². The molecule has 0 saturated carbocycles. The smallest absolute Gasteiger partial charge is 0.321 e. The van der Waals surface area contributed by atoms with Crippen LogP contribution in [0.1, 0.15) is 12.0 Å². The molecule has 0 aliphatic carbocycles. The molecule has 1 aromatic carbocycles. The van der Waals surface area contributed by atoms with Crippen molar-refractivity contribution >= 4 is 23.5 Å². The summed E-state index contributed by atoms with van der Waals surface area (Å²) in [5.74, 6) is -1.90. The first-order valence-corrected chi connectivity index (χ1v) is 5.26. The SMILES string of the molecule is N[C@@H](CC(=O)OCc1ccccc1Cl)C(=O)O. The summed E-state index contributed by atoms with van der Waals surface area (Å²) in [7, 11) is 0. The molecule has 6 heteroatoms. The fourth-order valence-corrected chi connectivity index (χ4v) is 1.29. The molecule has 0 unspecified atom stereocenters. The molecule has 92 valence electrons. The van der Waals surface area contributed by atoms with E-state index in [4.69, 9.17) is 27.2 Å². The van der Waals surface area contributed by atoms with E-state index in [1.165, 1.54) is 0 Å². The number of carbonyl (C=O) groups is 2. The monoisotopic (exact) mass is 257 g/mol. The van der Waals surface area contributed by atoms with Crippen LogP contribution in [-0.2, 0) is 20.9 Å². The zero-order valence-electron chi connectivity index (χ0n) is 8.93. The highest BCUT2D eigenvalue weighted by atomic mass is 35.5.